The van der Waals surface area contributed by atoms with Crippen molar-refractivity contribution in [1.29, 1.82) is 0 Å². The van der Waals surface area contributed by atoms with E-state index >= 15 is 4.39 Å². The van der Waals surface area contributed by atoms with Gasteiger partial charge in [-0.25, -0.2) is 13.6 Å². The smallest absolute Gasteiger partial charge is 0.320 e. The van der Waals surface area contributed by atoms with Crippen molar-refractivity contribution in [2.75, 3.05) is 32.7 Å². The Morgan fingerprint density at radius 3 is 2.58 bits per heavy atom. The summed E-state index contributed by atoms with van der Waals surface area (Å²) < 4.78 is 29.3. The van der Waals surface area contributed by atoms with Gasteiger partial charge in [-0.1, -0.05) is 50.1 Å². The van der Waals surface area contributed by atoms with Gasteiger partial charge in [-0.3, -0.25) is 9.69 Å². The molecule has 9 heteroatoms. The summed E-state index contributed by atoms with van der Waals surface area (Å²) in [5, 5.41) is 3.44. The zero-order chi connectivity index (χ0) is 30.0. The lowest BCUT2D eigenvalue weighted by Crippen LogP contribution is -2.64. The van der Waals surface area contributed by atoms with Gasteiger partial charge >= 0.3 is 6.03 Å². The van der Waals surface area contributed by atoms with E-state index in [0.717, 1.165) is 67.6 Å². The van der Waals surface area contributed by atoms with Gasteiger partial charge in [-0.15, -0.1) is 0 Å². The van der Waals surface area contributed by atoms with Crippen LogP contribution < -0.4 is 10.7 Å². The third-order valence-corrected chi connectivity index (χ3v) is 9.70. The summed E-state index contributed by atoms with van der Waals surface area (Å²) in [7, 11) is 0. The summed E-state index contributed by atoms with van der Waals surface area (Å²) in [6.07, 6.45) is 7.20. The minimum atomic E-state index is -0.541. The number of urea groups is 1. The standard InChI is InChI=1S/C34H41F2N5O2/c1-2-37-27-12-15-41(31(19-27)28-18-26(35)10-11-29(28)36)33(43)39-16-17-40(34(23-39)13-6-7-14-34)22-25-21-38-30(20-32(25)42)24-8-4-3-5-9-24/h3-5,8-11,18,20-21,27,31,37H,2,6-7,12-17,19,22-23H2,1H3,(H,38,42). The Morgan fingerprint density at radius 2 is 1.84 bits per heavy atom. The van der Waals surface area contributed by atoms with Crippen molar-refractivity contribution in [1.82, 2.24) is 25.0 Å². The number of piperazine rings is 1. The Morgan fingerprint density at radius 1 is 1.05 bits per heavy atom. The molecule has 3 aromatic rings. The third-order valence-electron chi connectivity index (χ3n) is 9.70. The predicted octanol–water partition coefficient (Wildman–Crippen LogP) is 5.69. The summed E-state index contributed by atoms with van der Waals surface area (Å²) in [4.78, 5) is 36.7. The average molecular weight is 590 g/mol. The summed E-state index contributed by atoms with van der Waals surface area (Å²) in [5.74, 6) is -0.985. The van der Waals surface area contributed by atoms with Crippen molar-refractivity contribution in [3.05, 3.63) is 93.8 Å². The SMILES string of the molecule is CCNC1CCN(C(=O)N2CCN(Cc3c[nH]c(-c4ccccc4)cc3=O)C3(CCCC3)C2)C(c2cc(F)ccc2F)C1. The number of piperidine rings is 1. The van der Waals surface area contributed by atoms with E-state index < -0.39 is 17.7 Å². The van der Waals surface area contributed by atoms with Crippen LogP contribution in [-0.4, -0.2) is 70.0 Å². The van der Waals surface area contributed by atoms with Crippen LogP contribution in [0.15, 0.2) is 65.6 Å². The molecule has 1 aromatic heterocycles. The van der Waals surface area contributed by atoms with Gasteiger partial charge in [0, 0.05) is 73.4 Å². The highest BCUT2D eigenvalue weighted by Gasteiger charge is 2.46. The first-order valence-electron chi connectivity index (χ1n) is 15.6. The average Bonchev–Trinajstić information content (AvgIpc) is 3.49. The Hall–Kier alpha value is -3.56. The fourth-order valence-electron chi connectivity index (χ4n) is 7.46. The quantitative estimate of drug-likeness (QED) is 0.388. The maximum absolute atomic E-state index is 15.0. The molecule has 1 saturated carbocycles. The maximum atomic E-state index is 15.0. The number of benzene rings is 2. The molecule has 3 aliphatic rings. The third kappa shape index (κ3) is 6.10. The molecule has 2 aliphatic heterocycles. The summed E-state index contributed by atoms with van der Waals surface area (Å²) in [6, 6.07) is 14.5. The van der Waals surface area contributed by atoms with E-state index in [2.05, 4.69) is 15.2 Å². The molecule has 6 rings (SSSR count). The second kappa shape index (κ2) is 12.6. The number of hydrogen-bond donors (Lipinski definition) is 2. The molecule has 228 valence electrons. The number of amides is 2. The molecule has 3 heterocycles. The molecule has 2 amide bonds. The molecule has 43 heavy (non-hydrogen) atoms. The lowest BCUT2D eigenvalue weighted by Gasteiger charge is -2.51. The van der Waals surface area contributed by atoms with Gasteiger partial charge in [-0.05, 0) is 56.0 Å². The van der Waals surface area contributed by atoms with E-state index in [1.807, 2.05) is 48.4 Å². The number of carbonyl (C=O) groups is 1. The molecule has 2 unspecified atom stereocenters. The van der Waals surface area contributed by atoms with E-state index in [-0.39, 0.29) is 28.6 Å². The van der Waals surface area contributed by atoms with Crippen LogP contribution in [0.2, 0.25) is 0 Å². The Kier molecular flexibility index (Phi) is 8.63. The van der Waals surface area contributed by atoms with E-state index in [9.17, 15) is 14.0 Å². The second-order valence-corrected chi connectivity index (χ2v) is 12.3. The number of H-pyrrole nitrogens is 1. The van der Waals surface area contributed by atoms with Crippen LogP contribution in [0.5, 0.6) is 0 Å². The van der Waals surface area contributed by atoms with E-state index in [1.54, 1.807) is 11.0 Å². The van der Waals surface area contributed by atoms with Crippen molar-refractivity contribution < 1.29 is 13.6 Å². The van der Waals surface area contributed by atoms with E-state index in [1.165, 1.54) is 6.07 Å². The van der Waals surface area contributed by atoms with Gasteiger partial charge in [0.1, 0.15) is 11.6 Å². The Bertz CT molecular complexity index is 1490. The lowest BCUT2D eigenvalue weighted by atomic mass is 9.90. The van der Waals surface area contributed by atoms with Crippen molar-refractivity contribution in [3.63, 3.8) is 0 Å². The molecule has 1 aliphatic carbocycles. The number of hydrogen-bond acceptors (Lipinski definition) is 4. The lowest BCUT2D eigenvalue weighted by molar-refractivity contribution is -0.00244. The highest BCUT2D eigenvalue weighted by Crippen LogP contribution is 2.40. The first-order valence-corrected chi connectivity index (χ1v) is 15.6. The van der Waals surface area contributed by atoms with Crippen LogP contribution in [-0.2, 0) is 6.54 Å². The summed E-state index contributed by atoms with van der Waals surface area (Å²) >= 11 is 0. The molecule has 2 N–H and O–H groups in total. The number of aromatic nitrogens is 1. The number of rotatable bonds is 6. The molecule has 3 fully saturated rings. The fourth-order valence-corrected chi connectivity index (χ4v) is 7.46. The van der Waals surface area contributed by atoms with Gasteiger partial charge in [0.2, 0.25) is 0 Å². The summed E-state index contributed by atoms with van der Waals surface area (Å²) in [6.45, 7) is 5.55. The van der Waals surface area contributed by atoms with Crippen molar-refractivity contribution >= 4 is 6.03 Å². The van der Waals surface area contributed by atoms with Crippen LogP contribution in [0.4, 0.5) is 13.6 Å². The predicted molar refractivity (Wildman–Crippen MR) is 164 cm³/mol. The molecular formula is C34H41F2N5O2. The van der Waals surface area contributed by atoms with Crippen LogP contribution >= 0.6 is 0 Å². The second-order valence-electron chi connectivity index (χ2n) is 12.3. The first kappa shape index (κ1) is 29.5. The van der Waals surface area contributed by atoms with Crippen molar-refractivity contribution in [2.45, 2.75) is 69.6 Å². The van der Waals surface area contributed by atoms with Gasteiger partial charge in [-0.2, -0.15) is 0 Å². The number of nitrogens with zero attached hydrogens (tertiary/aromatic N) is 3. The van der Waals surface area contributed by atoms with Gasteiger partial charge in [0.15, 0.2) is 5.43 Å². The summed E-state index contributed by atoms with van der Waals surface area (Å²) in [5.41, 5.74) is 2.52. The molecule has 2 aromatic carbocycles. The largest absolute Gasteiger partial charge is 0.361 e. The maximum Gasteiger partial charge on any atom is 0.320 e. The number of carbonyl (C=O) groups excluding carboxylic acids is 1. The van der Waals surface area contributed by atoms with Gasteiger partial charge in [0.25, 0.3) is 0 Å². The highest BCUT2D eigenvalue weighted by molar-refractivity contribution is 5.75. The van der Waals surface area contributed by atoms with Gasteiger partial charge < -0.3 is 20.1 Å². The molecular weight excluding hydrogens is 548 g/mol. The van der Waals surface area contributed by atoms with Crippen molar-refractivity contribution in [2.24, 2.45) is 0 Å². The Labute approximate surface area is 251 Å². The van der Waals surface area contributed by atoms with Crippen LogP contribution in [0, 0.1) is 11.6 Å². The van der Waals surface area contributed by atoms with E-state index in [0.29, 0.717) is 39.1 Å². The number of halogens is 2. The zero-order valence-corrected chi connectivity index (χ0v) is 24.8. The highest BCUT2D eigenvalue weighted by atomic mass is 19.1. The van der Waals surface area contributed by atoms with Crippen LogP contribution in [0.1, 0.15) is 62.6 Å². The first-order chi connectivity index (χ1) is 20.9. The normalized spacial score (nSPS) is 22.3. The molecule has 0 radical (unpaired) electrons. The number of likely N-dealkylation sites (tertiary alicyclic amines) is 1. The van der Waals surface area contributed by atoms with Gasteiger partial charge in [0.05, 0.1) is 6.04 Å². The number of aromatic amines is 1. The number of nitrogens with one attached hydrogen (secondary N) is 2. The fraction of sp³-hybridized carbons (Fsp3) is 0.471. The molecule has 2 saturated heterocycles. The zero-order valence-electron chi connectivity index (χ0n) is 24.8. The molecule has 1 spiro atoms. The van der Waals surface area contributed by atoms with Crippen LogP contribution in [0.25, 0.3) is 11.3 Å². The minimum Gasteiger partial charge on any atom is -0.361 e. The Balaban J connectivity index is 1.21. The molecule has 7 nitrogen and oxygen atoms in total. The minimum absolute atomic E-state index is 0.00720. The topological polar surface area (TPSA) is 71.7 Å². The number of pyridine rings is 1. The molecule has 0 bridgehead atoms. The van der Waals surface area contributed by atoms with Crippen molar-refractivity contribution in [3.8, 4) is 11.3 Å². The molecule has 2 atom stereocenters. The van der Waals surface area contributed by atoms with Crippen LogP contribution in [0.3, 0.4) is 0 Å². The monoisotopic (exact) mass is 589 g/mol. The van der Waals surface area contributed by atoms with E-state index in [4.69, 9.17) is 0 Å².